The van der Waals surface area contributed by atoms with Gasteiger partial charge in [-0.2, -0.15) is 5.10 Å². The van der Waals surface area contributed by atoms with Crippen LogP contribution in [-0.2, 0) is 4.79 Å². The maximum atomic E-state index is 11.9. The normalized spacial score (nSPS) is 17.4. The summed E-state index contributed by atoms with van der Waals surface area (Å²) in [5.41, 5.74) is 9.29. The van der Waals surface area contributed by atoms with Gasteiger partial charge in [0.05, 0.1) is 23.7 Å². The fourth-order valence-electron chi connectivity index (χ4n) is 4.09. The first kappa shape index (κ1) is 20.8. The molecule has 0 radical (unpaired) electrons. The molecular weight excluding hydrogens is 423 g/mol. The maximum absolute atomic E-state index is 11.9. The van der Waals surface area contributed by atoms with Crippen LogP contribution in [-0.4, -0.2) is 38.8 Å². The Morgan fingerprint density at radius 1 is 1.47 bits per heavy atom. The number of nitrogen functional groups attached to an aromatic ring is 1. The molecule has 0 bridgehead atoms. The number of rotatable bonds is 5. The van der Waals surface area contributed by atoms with Crippen molar-refractivity contribution in [1.29, 1.82) is 0 Å². The Labute approximate surface area is 181 Å². The van der Waals surface area contributed by atoms with Crippen LogP contribution in [0.3, 0.4) is 0 Å². The Bertz CT molecular complexity index is 1150. The summed E-state index contributed by atoms with van der Waals surface area (Å²) < 4.78 is 7.95. The van der Waals surface area contributed by atoms with Crippen LogP contribution >= 0.6 is 20.8 Å². The van der Waals surface area contributed by atoms with Crippen molar-refractivity contribution in [2.75, 3.05) is 18.9 Å². The average molecular weight is 447 g/mol. The van der Waals surface area contributed by atoms with Gasteiger partial charge in [-0.3, -0.25) is 4.79 Å². The van der Waals surface area contributed by atoms with Crippen molar-refractivity contribution in [1.82, 2.24) is 25.1 Å². The third-order valence-electron chi connectivity index (χ3n) is 5.52. The molecule has 158 valence electrons. The van der Waals surface area contributed by atoms with Crippen LogP contribution in [0.1, 0.15) is 49.0 Å². The van der Waals surface area contributed by atoms with E-state index in [1.807, 2.05) is 31.5 Å². The quantitative estimate of drug-likeness (QED) is 0.583. The molecule has 3 aromatic rings. The maximum Gasteiger partial charge on any atom is 0.220 e. The van der Waals surface area contributed by atoms with Gasteiger partial charge in [0.25, 0.3) is 0 Å². The van der Waals surface area contributed by atoms with Crippen LogP contribution < -0.4 is 21.1 Å². The predicted octanol–water partition coefficient (Wildman–Crippen LogP) is 2.48. The van der Waals surface area contributed by atoms with Crippen molar-refractivity contribution in [3.8, 4) is 5.75 Å². The monoisotopic (exact) mass is 446 g/mol. The minimum absolute atomic E-state index is 0.00901. The van der Waals surface area contributed by atoms with Crippen LogP contribution in [0.2, 0.25) is 5.02 Å². The molecule has 1 fully saturated rings. The highest BCUT2D eigenvalue weighted by atomic mass is 35.5. The fraction of sp³-hybridized carbons (Fsp3) is 0.400. The number of halogens is 1. The standard InChI is InChI=1S/C20H24ClN6O2P/c1-4-29-17-12(6-13(21)18(30)16(17)11-5-14(28)23-7-11)10(3)27-20-15(9(2)26-27)19(22)24-8-25-20/h6,8,10-11H,4-5,7,30H2,1-3H3,(H,23,28)(H2,22,24,25). The lowest BCUT2D eigenvalue weighted by Crippen LogP contribution is -2.19. The highest BCUT2D eigenvalue weighted by Gasteiger charge is 2.31. The highest BCUT2D eigenvalue weighted by molar-refractivity contribution is 7.28. The topological polar surface area (TPSA) is 108 Å². The van der Waals surface area contributed by atoms with Crippen LogP contribution in [0.5, 0.6) is 5.75 Å². The number of amides is 1. The number of hydrogen-bond donors (Lipinski definition) is 2. The first-order chi connectivity index (χ1) is 14.3. The predicted molar refractivity (Wildman–Crippen MR) is 121 cm³/mol. The van der Waals surface area contributed by atoms with E-state index in [9.17, 15) is 4.79 Å². The molecule has 1 aromatic carbocycles. The van der Waals surface area contributed by atoms with Crippen LogP contribution in [0.15, 0.2) is 12.4 Å². The number of aromatic nitrogens is 4. The third-order valence-corrected chi connectivity index (χ3v) is 6.64. The van der Waals surface area contributed by atoms with E-state index in [1.165, 1.54) is 6.33 Å². The van der Waals surface area contributed by atoms with E-state index >= 15 is 0 Å². The van der Waals surface area contributed by atoms with Gasteiger partial charge in [-0.1, -0.05) is 11.6 Å². The molecule has 8 nitrogen and oxygen atoms in total. The summed E-state index contributed by atoms with van der Waals surface area (Å²) in [5, 5.41) is 9.78. The number of nitrogens with one attached hydrogen (secondary N) is 1. The van der Waals surface area contributed by atoms with Crippen molar-refractivity contribution in [2.45, 2.75) is 39.2 Å². The minimum atomic E-state index is -0.232. The number of aryl methyl sites for hydroxylation is 1. The number of carbonyl (C=O) groups is 1. The summed E-state index contributed by atoms with van der Waals surface area (Å²) in [6, 6.07) is 1.67. The van der Waals surface area contributed by atoms with Crippen molar-refractivity contribution in [3.05, 3.63) is 34.2 Å². The number of hydrogen-bond acceptors (Lipinski definition) is 6. The number of anilines is 1. The van der Waals surface area contributed by atoms with Gasteiger partial charge >= 0.3 is 0 Å². The second-order valence-electron chi connectivity index (χ2n) is 7.41. The van der Waals surface area contributed by atoms with E-state index in [4.69, 9.17) is 22.1 Å². The van der Waals surface area contributed by atoms with Crippen molar-refractivity contribution >= 4 is 48.9 Å². The van der Waals surface area contributed by atoms with E-state index in [1.54, 1.807) is 0 Å². The minimum Gasteiger partial charge on any atom is -0.493 e. The molecule has 3 N–H and O–H groups in total. The summed E-state index contributed by atoms with van der Waals surface area (Å²) in [4.78, 5) is 20.4. The number of carbonyl (C=O) groups excluding carboxylic acids is 1. The lowest BCUT2D eigenvalue weighted by atomic mass is 9.92. The SMILES string of the molecule is CCOc1c(C(C)n2nc(C)c3c(N)ncnc32)cc(Cl)c(P)c1C1CNC(=O)C1. The lowest BCUT2D eigenvalue weighted by molar-refractivity contribution is -0.119. The van der Waals surface area contributed by atoms with Gasteiger partial charge in [-0.05, 0) is 32.1 Å². The second-order valence-corrected chi connectivity index (χ2v) is 8.39. The summed E-state index contributed by atoms with van der Waals surface area (Å²) in [6.45, 7) is 6.88. The summed E-state index contributed by atoms with van der Waals surface area (Å²) in [5.74, 6) is 1.16. The molecule has 0 saturated carbocycles. The second kappa shape index (κ2) is 8.00. The number of benzene rings is 1. The smallest absolute Gasteiger partial charge is 0.220 e. The number of fused-ring (bicyclic) bond motifs is 1. The Morgan fingerprint density at radius 2 is 2.23 bits per heavy atom. The highest BCUT2D eigenvalue weighted by Crippen LogP contribution is 2.40. The molecule has 10 heteroatoms. The largest absolute Gasteiger partial charge is 0.493 e. The molecular formula is C20H24ClN6O2P. The van der Waals surface area contributed by atoms with Gasteiger partial charge < -0.3 is 15.8 Å². The summed E-state index contributed by atoms with van der Waals surface area (Å²) in [7, 11) is 2.70. The first-order valence-electron chi connectivity index (χ1n) is 9.80. The molecule has 3 atom stereocenters. The van der Waals surface area contributed by atoms with Gasteiger partial charge in [0, 0.05) is 35.0 Å². The third kappa shape index (κ3) is 3.38. The number of nitrogens with zero attached hydrogens (tertiary/aromatic N) is 4. The molecule has 1 saturated heterocycles. The molecule has 4 rings (SSSR count). The molecule has 1 aliphatic heterocycles. The van der Waals surface area contributed by atoms with Gasteiger partial charge in [0.15, 0.2) is 5.65 Å². The zero-order chi connectivity index (χ0) is 21.6. The summed E-state index contributed by atoms with van der Waals surface area (Å²) in [6.07, 6.45) is 1.84. The summed E-state index contributed by atoms with van der Waals surface area (Å²) >= 11 is 6.63. The number of nitrogens with two attached hydrogens (primary N) is 1. The Morgan fingerprint density at radius 3 is 2.90 bits per heavy atom. The Hall–Kier alpha value is -2.44. The fourth-order valence-corrected chi connectivity index (χ4v) is 4.76. The molecule has 30 heavy (non-hydrogen) atoms. The van der Waals surface area contributed by atoms with Crippen LogP contribution in [0, 0.1) is 6.92 Å². The van der Waals surface area contributed by atoms with Gasteiger partial charge in [0.2, 0.25) is 5.91 Å². The van der Waals surface area contributed by atoms with E-state index < -0.39 is 0 Å². The molecule has 0 aliphatic carbocycles. The van der Waals surface area contributed by atoms with Crippen molar-refractivity contribution in [2.24, 2.45) is 0 Å². The van der Waals surface area contributed by atoms with Crippen molar-refractivity contribution < 1.29 is 9.53 Å². The molecule has 1 aliphatic rings. The van der Waals surface area contributed by atoms with E-state index in [2.05, 4.69) is 29.6 Å². The average Bonchev–Trinajstić information content (AvgIpc) is 3.28. The van der Waals surface area contributed by atoms with Gasteiger partial charge in [-0.15, -0.1) is 9.24 Å². The first-order valence-corrected chi connectivity index (χ1v) is 10.8. The zero-order valence-corrected chi connectivity index (χ0v) is 19.0. The number of ether oxygens (including phenoxy) is 1. The van der Waals surface area contributed by atoms with Crippen LogP contribution in [0.4, 0.5) is 5.82 Å². The van der Waals surface area contributed by atoms with E-state index in [0.29, 0.717) is 36.1 Å². The van der Waals surface area contributed by atoms with Crippen LogP contribution in [0.25, 0.3) is 11.0 Å². The molecule has 3 heterocycles. The molecule has 1 amide bonds. The zero-order valence-electron chi connectivity index (χ0n) is 17.1. The van der Waals surface area contributed by atoms with E-state index in [-0.39, 0.29) is 17.9 Å². The Kier molecular flexibility index (Phi) is 5.55. The lowest BCUT2D eigenvalue weighted by Gasteiger charge is -2.25. The molecule has 2 aromatic heterocycles. The van der Waals surface area contributed by atoms with Crippen molar-refractivity contribution in [3.63, 3.8) is 0 Å². The molecule has 3 unspecified atom stereocenters. The van der Waals surface area contributed by atoms with Gasteiger partial charge in [0.1, 0.15) is 17.9 Å². The van der Waals surface area contributed by atoms with Gasteiger partial charge in [-0.25, -0.2) is 14.6 Å². The molecule has 0 spiro atoms. The Balaban J connectivity index is 1.91. The van der Waals surface area contributed by atoms with E-state index in [0.717, 1.165) is 33.3 Å².